The summed E-state index contributed by atoms with van der Waals surface area (Å²) in [6, 6.07) is 0. The highest BCUT2D eigenvalue weighted by molar-refractivity contribution is 9.09. The number of aliphatic hydroxyl groups excluding tert-OH is 1. The molecule has 1 N–H and O–H groups in total. The Kier molecular flexibility index (Phi) is 6.82. The van der Waals surface area contributed by atoms with E-state index in [2.05, 4.69) is 15.9 Å². The van der Waals surface area contributed by atoms with E-state index in [-0.39, 0.29) is 10.8 Å². The van der Waals surface area contributed by atoms with E-state index in [1.165, 1.54) is 25.3 Å². The molecule has 0 aromatic heterocycles. The van der Waals surface area contributed by atoms with Crippen molar-refractivity contribution >= 4 is 21.9 Å². The Balaban J connectivity index is 2.39. The summed E-state index contributed by atoms with van der Waals surface area (Å²) in [6.45, 7) is 2.15. The number of alkyl halides is 1. The molecule has 4 heteroatoms. The number of ether oxygens (including phenoxy) is 1. The quantitative estimate of drug-likeness (QED) is 0.483. The Morgan fingerprint density at radius 2 is 2.12 bits per heavy atom. The van der Waals surface area contributed by atoms with Crippen molar-refractivity contribution in [2.45, 2.75) is 50.0 Å². The van der Waals surface area contributed by atoms with E-state index in [0.717, 1.165) is 12.8 Å². The van der Waals surface area contributed by atoms with Crippen molar-refractivity contribution in [3.05, 3.63) is 12.2 Å². The van der Waals surface area contributed by atoms with Gasteiger partial charge in [-0.05, 0) is 25.7 Å². The molecule has 0 aromatic rings. The first kappa shape index (κ1) is 14.7. The maximum Gasteiger partial charge on any atom is 0.330 e. The van der Waals surface area contributed by atoms with Gasteiger partial charge in [0.05, 0.1) is 17.5 Å². The molecule has 3 nitrogen and oxygen atoms in total. The lowest BCUT2D eigenvalue weighted by Crippen LogP contribution is -2.30. The van der Waals surface area contributed by atoms with Gasteiger partial charge < -0.3 is 9.84 Å². The molecule has 98 valence electrons. The zero-order valence-electron chi connectivity index (χ0n) is 10.3. The van der Waals surface area contributed by atoms with Crippen molar-refractivity contribution in [1.82, 2.24) is 0 Å². The fourth-order valence-electron chi connectivity index (χ4n) is 2.21. The monoisotopic (exact) mass is 304 g/mol. The van der Waals surface area contributed by atoms with Gasteiger partial charge in [0.25, 0.3) is 0 Å². The van der Waals surface area contributed by atoms with E-state index in [0.29, 0.717) is 12.5 Å². The summed E-state index contributed by atoms with van der Waals surface area (Å²) in [5, 5.41) is 10.1. The Morgan fingerprint density at radius 1 is 1.47 bits per heavy atom. The molecule has 2 atom stereocenters. The van der Waals surface area contributed by atoms with Gasteiger partial charge in [-0.2, -0.15) is 0 Å². The van der Waals surface area contributed by atoms with Crippen LogP contribution in [0.2, 0.25) is 0 Å². The third-order valence-corrected chi connectivity index (χ3v) is 4.01. The predicted octanol–water partition coefficient (Wildman–Crippen LogP) is 2.81. The zero-order valence-corrected chi connectivity index (χ0v) is 11.9. The highest BCUT2D eigenvalue weighted by atomic mass is 79.9. The van der Waals surface area contributed by atoms with E-state index in [1.54, 1.807) is 13.0 Å². The Hall–Kier alpha value is -0.350. The van der Waals surface area contributed by atoms with Crippen molar-refractivity contribution < 1.29 is 14.6 Å². The Morgan fingerprint density at radius 3 is 2.71 bits per heavy atom. The Labute approximate surface area is 111 Å². The average Bonchev–Trinajstić information content (AvgIpc) is 2.36. The first-order chi connectivity index (χ1) is 8.15. The molecule has 1 fully saturated rings. The van der Waals surface area contributed by atoms with E-state index in [9.17, 15) is 9.90 Å². The first-order valence-corrected chi connectivity index (χ1v) is 7.23. The average molecular weight is 305 g/mol. The van der Waals surface area contributed by atoms with Crippen molar-refractivity contribution in [1.29, 1.82) is 0 Å². The normalized spacial score (nSPS) is 21.4. The van der Waals surface area contributed by atoms with Crippen molar-refractivity contribution in [3.63, 3.8) is 0 Å². The van der Waals surface area contributed by atoms with Crippen LogP contribution in [0.25, 0.3) is 0 Å². The van der Waals surface area contributed by atoms with Gasteiger partial charge in [0.2, 0.25) is 0 Å². The smallest absolute Gasteiger partial charge is 0.330 e. The van der Waals surface area contributed by atoms with E-state index in [4.69, 9.17) is 4.74 Å². The molecular weight excluding hydrogens is 284 g/mol. The van der Waals surface area contributed by atoms with Gasteiger partial charge in [0, 0.05) is 6.08 Å². The van der Waals surface area contributed by atoms with Gasteiger partial charge in [-0.25, -0.2) is 4.79 Å². The molecule has 0 aromatic carbocycles. The number of esters is 1. The second-order valence-corrected chi connectivity index (χ2v) is 5.50. The number of aliphatic hydroxyl groups is 1. The van der Waals surface area contributed by atoms with Crippen LogP contribution in [0, 0.1) is 5.92 Å². The zero-order chi connectivity index (χ0) is 12.7. The maximum atomic E-state index is 11.1. The molecule has 0 bridgehead atoms. The molecular formula is C13H21BrO3. The van der Waals surface area contributed by atoms with Gasteiger partial charge in [0.1, 0.15) is 0 Å². The lowest BCUT2D eigenvalue weighted by molar-refractivity contribution is -0.137. The largest absolute Gasteiger partial charge is 0.463 e. The summed E-state index contributed by atoms with van der Waals surface area (Å²) in [6.07, 6.45) is 8.47. The molecule has 0 aliphatic heterocycles. The van der Waals surface area contributed by atoms with Gasteiger partial charge >= 0.3 is 5.97 Å². The SMILES string of the molecule is CCOC(=O)/C=C/[C@@H](Br)[C@@H](O)C1CCCCC1. The number of hydrogen-bond acceptors (Lipinski definition) is 3. The highest BCUT2D eigenvalue weighted by Crippen LogP contribution is 2.29. The van der Waals surface area contributed by atoms with Gasteiger partial charge in [-0.15, -0.1) is 0 Å². The van der Waals surface area contributed by atoms with Gasteiger partial charge in [0.15, 0.2) is 0 Å². The molecule has 1 aliphatic carbocycles. The second-order valence-electron chi connectivity index (χ2n) is 4.44. The van der Waals surface area contributed by atoms with Crippen LogP contribution >= 0.6 is 15.9 Å². The van der Waals surface area contributed by atoms with E-state index in [1.807, 2.05) is 0 Å². The molecule has 17 heavy (non-hydrogen) atoms. The molecule has 1 aliphatic rings. The molecule has 0 heterocycles. The molecule has 1 rings (SSSR count). The fourth-order valence-corrected chi connectivity index (χ4v) is 2.79. The van der Waals surface area contributed by atoms with Crippen LogP contribution in [0.15, 0.2) is 12.2 Å². The number of hydrogen-bond donors (Lipinski definition) is 1. The van der Waals surface area contributed by atoms with Crippen molar-refractivity contribution in [2.24, 2.45) is 5.92 Å². The highest BCUT2D eigenvalue weighted by Gasteiger charge is 2.25. The molecule has 0 spiro atoms. The molecule has 0 amide bonds. The maximum absolute atomic E-state index is 11.1. The van der Waals surface area contributed by atoms with E-state index >= 15 is 0 Å². The van der Waals surface area contributed by atoms with Crippen LogP contribution in [0.1, 0.15) is 39.0 Å². The lowest BCUT2D eigenvalue weighted by Gasteiger charge is -2.28. The standard InChI is InChI=1S/C13H21BrO3/c1-2-17-12(15)9-8-11(14)13(16)10-6-4-3-5-7-10/h8-11,13,16H,2-7H2,1H3/b9-8+/t11-,13+/m1/s1. The van der Waals surface area contributed by atoms with Gasteiger partial charge in [-0.3, -0.25) is 0 Å². The lowest BCUT2D eigenvalue weighted by atomic mass is 9.84. The summed E-state index contributed by atoms with van der Waals surface area (Å²) < 4.78 is 4.79. The first-order valence-electron chi connectivity index (χ1n) is 6.32. The van der Waals surface area contributed by atoms with Crippen LogP contribution in [0.5, 0.6) is 0 Å². The molecule has 0 saturated heterocycles. The van der Waals surface area contributed by atoms with Crippen molar-refractivity contribution in [3.8, 4) is 0 Å². The fraction of sp³-hybridized carbons (Fsp3) is 0.769. The third-order valence-electron chi connectivity index (χ3n) is 3.16. The van der Waals surface area contributed by atoms with Crippen molar-refractivity contribution in [2.75, 3.05) is 6.61 Å². The number of carbonyl (C=O) groups is 1. The summed E-state index contributed by atoms with van der Waals surface area (Å²) in [5.74, 6) is -0.00670. The number of halogens is 1. The summed E-state index contributed by atoms with van der Waals surface area (Å²) in [5.41, 5.74) is 0. The molecule has 1 saturated carbocycles. The van der Waals surface area contributed by atoms with Gasteiger partial charge in [-0.1, -0.05) is 41.3 Å². The van der Waals surface area contributed by atoms with Crippen LogP contribution < -0.4 is 0 Å². The van der Waals surface area contributed by atoms with Crippen LogP contribution in [-0.2, 0) is 9.53 Å². The minimum Gasteiger partial charge on any atom is -0.463 e. The summed E-state index contributed by atoms with van der Waals surface area (Å²) in [7, 11) is 0. The third kappa shape index (κ3) is 5.21. The van der Waals surface area contributed by atoms with Crippen LogP contribution in [0.4, 0.5) is 0 Å². The summed E-state index contributed by atoms with van der Waals surface area (Å²) >= 11 is 3.41. The minimum atomic E-state index is -0.416. The molecule has 0 radical (unpaired) electrons. The van der Waals surface area contributed by atoms with E-state index < -0.39 is 6.10 Å². The number of rotatable bonds is 5. The predicted molar refractivity (Wildman–Crippen MR) is 71.1 cm³/mol. The second kappa shape index (κ2) is 7.88. The minimum absolute atomic E-state index is 0.171. The Bertz CT molecular complexity index is 259. The van der Waals surface area contributed by atoms with Crippen LogP contribution in [-0.4, -0.2) is 28.6 Å². The number of carbonyl (C=O) groups excluding carboxylic acids is 1. The molecule has 0 unspecified atom stereocenters. The van der Waals surface area contributed by atoms with Crippen LogP contribution in [0.3, 0.4) is 0 Å². The summed E-state index contributed by atoms with van der Waals surface area (Å²) in [4.78, 5) is 11.0. The topological polar surface area (TPSA) is 46.5 Å².